The predicted molar refractivity (Wildman–Crippen MR) is 78.1 cm³/mol. The third kappa shape index (κ3) is 1.71. The molecule has 110 valence electrons. The maximum Gasteiger partial charge on any atom is 0.391 e. The molecule has 22 heavy (non-hydrogen) atoms. The maximum atomic E-state index is 11.4. The average Bonchev–Trinajstić information content (AvgIpc) is 2.49. The Morgan fingerprint density at radius 2 is 1.41 bits per heavy atom. The topological polar surface area (TPSA) is 127 Å². The van der Waals surface area contributed by atoms with Gasteiger partial charge < -0.3 is 10.2 Å². The van der Waals surface area contributed by atoms with E-state index < -0.39 is 32.7 Å². The molecule has 0 fully saturated rings. The summed E-state index contributed by atoms with van der Waals surface area (Å²) in [5, 5.41) is 43.1. The Hall–Kier alpha value is -3.42. The lowest BCUT2D eigenvalue weighted by Crippen LogP contribution is -1.99. The maximum absolute atomic E-state index is 11.4. The number of fused-ring (bicyclic) bond motifs is 3. The van der Waals surface area contributed by atoms with Gasteiger partial charge >= 0.3 is 11.4 Å². The number of phenolic OH excluding ortho intramolecular Hbond substituents is 2. The first-order valence-corrected chi connectivity index (χ1v) is 6.11. The van der Waals surface area contributed by atoms with Crippen LogP contribution in [0.1, 0.15) is 0 Å². The highest BCUT2D eigenvalue weighted by molar-refractivity contribution is 6.16. The fourth-order valence-electron chi connectivity index (χ4n) is 2.54. The molecule has 0 unspecified atom stereocenters. The van der Waals surface area contributed by atoms with Crippen LogP contribution in [0.25, 0.3) is 21.5 Å². The number of benzene rings is 3. The Kier molecular flexibility index (Phi) is 2.81. The zero-order valence-electron chi connectivity index (χ0n) is 10.9. The van der Waals surface area contributed by atoms with E-state index in [2.05, 4.69) is 0 Å². The summed E-state index contributed by atoms with van der Waals surface area (Å²) in [6, 6.07) is 9.57. The largest absolute Gasteiger partial charge is 0.504 e. The second kappa shape index (κ2) is 4.55. The third-order valence-electron chi connectivity index (χ3n) is 3.46. The van der Waals surface area contributed by atoms with Crippen molar-refractivity contribution in [3.05, 3.63) is 56.6 Å². The lowest BCUT2D eigenvalue weighted by Gasteiger charge is -2.08. The van der Waals surface area contributed by atoms with Crippen molar-refractivity contribution in [2.24, 2.45) is 0 Å². The molecule has 0 spiro atoms. The Bertz CT molecular complexity index is 967. The molecule has 0 saturated heterocycles. The van der Waals surface area contributed by atoms with Gasteiger partial charge in [0.05, 0.1) is 15.2 Å². The van der Waals surface area contributed by atoms with Crippen LogP contribution in [0.2, 0.25) is 0 Å². The molecule has 0 aromatic heterocycles. The first-order valence-electron chi connectivity index (χ1n) is 6.11. The quantitative estimate of drug-likeness (QED) is 0.324. The smallest absolute Gasteiger partial charge is 0.391 e. The fraction of sp³-hybridized carbons (Fsp3) is 0. The third-order valence-corrected chi connectivity index (χ3v) is 3.46. The van der Waals surface area contributed by atoms with E-state index in [9.17, 15) is 30.4 Å². The number of nitrogens with zero attached hydrogens (tertiary/aromatic N) is 2. The summed E-state index contributed by atoms with van der Waals surface area (Å²) in [6.45, 7) is 0. The Balaban J connectivity index is 2.71. The van der Waals surface area contributed by atoms with Gasteiger partial charge in [0.15, 0.2) is 5.75 Å². The second-order valence-electron chi connectivity index (χ2n) is 4.62. The fourth-order valence-corrected chi connectivity index (χ4v) is 2.54. The number of nitro groups is 2. The van der Waals surface area contributed by atoms with E-state index in [0.717, 1.165) is 0 Å². The van der Waals surface area contributed by atoms with E-state index in [4.69, 9.17) is 0 Å². The molecule has 0 amide bonds. The summed E-state index contributed by atoms with van der Waals surface area (Å²) in [6.07, 6.45) is 0. The van der Waals surface area contributed by atoms with E-state index in [1.165, 1.54) is 6.07 Å². The van der Waals surface area contributed by atoms with Gasteiger partial charge in [-0.1, -0.05) is 30.3 Å². The van der Waals surface area contributed by atoms with Crippen molar-refractivity contribution in [3.8, 4) is 11.5 Å². The molecule has 0 saturated carbocycles. The van der Waals surface area contributed by atoms with Gasteiger partial charge in [-0.15, -0.1) is 0 Å². The Labute approximate surface area is 122 Å². The Morgan fingerprint density at radius 1 is 0.773 bits per heavy atom. The number of hydrogen-bond donors (Lipinski definition) is 2. The van der Waals surface area contributed by atoms with Crippen molar-refractivity contribution in [1.29, 1.82) is 0 Å². The number of nitro benzene ring substituents is 2. The minimum atomic E-state index is -1.12. The van der Waals surface area contributed by atoms with Crippen LogP contribution in [0.15, 0.2) is 36.4 Å². The van der Waals surface area contributed by atoms with Crippen molar-refractivity contribution in [3.63, 3.8) is 0 Å². The molecule has 3 rings (SSSR count). The van der Waals surface area contributed by atoms with Crippen molar-refractivity contribution >= 4 is 32.9 Å². The number of phenols is 2. The monoisotopic (exact) mass is 300 g/mol. The van der Waals surface area contributed by atoms with Gasteiger partial charge in [0.25, 0.3) is 0 Å². The molecular formula is C14H8N2O6. The highest BCUT2D eigenvalue weighted by Gasteiger charge is 2.36. The van der Waals surface area contributed by atoms with Crippen LogP contribution in [0.5, 0.6) is 11.5 Å². The van der Waals surface area contributed by atoms with Crippen LogP contribution >= 0.6 is 0 Å². The predicted octanol–water partition coefficient (Wildman–Crippen LogP) is 3.22. The SMILES string of the molecule is O=[N+]([O-])c1c(O)c(O)c2ccc3ccccc3c2c1[N+](=O)[O-]. The molecule has 3 aromatic carbocycles. The number of aromatic hydroxyl groups is 2. The molecule has 0 aliphatic rings. The van der Waals surface area contributed by atoms with Crippen LogP contribution in [0, 0.1) is 20.2 Å². The molecular weight excluding hydrogens is 292 g/mol. The van der Waals surface area contributed by atoms with Crippen molar-refractivity contribution in [2.75, 3.05) is 0 Å². The van der Waals surface area contributed by atoms with Crippen LogP contribution in [0.3, 0.4) is 0 Å². The summed E-state index contributed by atoms with van der Waals surface area (Å²) in [7, 11) is 0. The highest BCUT2D eigenvalue weighted by Crippen LogP contribution is 2.50. The van der Waals surface area contributed by atoms with Gasteiger partial charge in [0.2, 0.25) is 5.75 Å². The summed E-state index contributed by atoms with van der Waals surface area (Å²) in [5.41, 5.74) is -1.96. The summed E-state index contributed by atoms with van der Waals surface area (Å²) in [4.78, 5) is 20.5. The van der Waals surface area contributed by atoms with Gasteiger partial charge in [-0.25, -0.2) is 0 Å². The van der Waals surface area contributed by atoms with Gasteiger partial charge in [-0.3, -0.25) is 20.2 Å². The van der Waals surface area contributed by atoms with Gasteiger partial charge in [0, 0.05) is 5.39 Å². The zero-order chi connectivity index (χ0) is 16.0. The van der Waals surface area contributed by atoms with E-state index in [1.54, 1.807) is 30.3 Å². The first-order chi connectivity index (χ1) is 10.4. The molecule has 8 heteroatoms. The normalized spacial score (nSPS) is 10.9. The molecule has 0 aliphatic heterocycles. The summed E-state index contributed by atoms with van der Waals surface area (Å²) >= 11 is 0. The standard InChI is InChI=1S/C14H8N2O6/c17-13-9-6-5-7-3-1-2-4-8(7)10(9)11(15(19)20)12(14(13)18)16(21)22/h1-6,17-18H. The van der Waals surface area contributed by atoms with E-state index in [0.29, 0.717) is 10.8 Å². The molecule has 0 atom stereocenters. The molecule has 3 aromatic rings. The van der Waals surface area contributed by atoms with Crippen LogP contribution in [0.4, 0.5) is 11.4 Å². The molecule has 0 aliphatic carbocycles. The summed E-state index contributed by atoms with van der Waals surface area (Å²) in [5.74, 6) is -1.86. The van der Waals surface area contributed by atoms with Crippen molar-refractivity contribution in [2.45, 2.75) is 0 Å². The average molecular weight is 300 g/mol. The van der Waals surface area contributed by atoms with E-state index in [1.807, 2.05) is 0 Å². The van der Waals surface area contributed by atoms with E-state index >= 15 is 0 Å². The summed E-state index contributed by atoms with van der Waals surface area (Å²) < 4.78 is 0. The van der Waals surface area contributed by atoms with Crippen molar-refractivity contribution in [1.82, 2.24) is 0 Å². The number of rotatable bonds is 2. The molecule has 8 nitrogen and oxygen atoms in total. The molecule has 0 heterocycles. The second-order valence-corrected chi connectivity index (χ2v) is 4.62. The number of hydrogen-bond acceptors (Lipinski definition) is 6. The lowest BCUT2D eigenvalue weighted by atomic mass is 9.98. The highest BCUT2D eigenvalue weighted by atomic mass is 16.6. The van der Waals surface area contributed by atoms with Gasteiger partial charge in [-0.2, -0.15) is 0 Å². The molecule has 2 N–H and O–H groups in total. The van der Waals surface area contributed by atoms with Gasteiger partial charge in [0.1, 0.15) is 0 Å². The minimum absolute atomic E-state index is 0.0199. The van der Waals surface area contributed by atoms with Gasteiger partial charge in [-0.05, 0) is 16.8 Å². The molecule has 0 bridgehead atoms. The van der Waals surface area contributed by atoms with Crippen LogP contribution in [-0.2, 0) is 0 Å². The Morgan fingerprint density at radius 3 is 2.05 bits per heavy atom. The van der Waals surface area contributed by atoms with Crippen LogP contribution < -0.4 is 0 Å². The zero-order valence-corrected chi connectivity index (χ0v) is 10.9. The van der Waals surface area contributed by atoms with Crippen molar-refractivity contribution < 1.29 is 20.1 Å². The lowest BCUT2D eigenvalue weighted by molar-refractivity contribution is -0.421. The molecule has 0 radical (unpaired) electrons. The van der Waals surface area contributed by atoms with E-state index in [-0.39, 0.29) is 10.8 Å². The minimum Gasteiger partial charge on any atom is -0.504 e. The van der Waals surface area contributed by atoms with Crippen LogP contribution in [-0.4, -0.2) is 20.1 Å². The first kappa shape index (κ1) is 13.6.